The summed E-state index contributed by atoms with van der Waals surface area (Å²) in [6.45, 7) is 0.823. The van der Waals surface area contributed by atoms with Gasteiger partial charge in [0.1, 0.15) is 0 Å². The monoisotopic (exact) mass is 295 g/mol. The lowest BCUT2D eigenvalue weighted by Crippen LogP contribution is -2.36. The Hall–Kier alpha value is -0.950. The number of hydrogen-bond donors (Lipinski definition) is 5. The number of rotatable bonds is 7. The van der Waals surface area contributed by atoms with E-state index >= 15 is 0 Å². The second-order valence-corrected chi connectivity index (χ2v) is 6.42. The first-order chi connectivity index (χ1) is 8.73. The molecule has 1 fully saturated rings. The average Bonchev–Trinajstić information content (AvgIpc) is 2.73. The summed E-state index contributed by atoms with van der Waals surface area (Å²) in [5.41, 5.74) is -2.19. The van der Waals surface area contributed by atoms with Crippen LogP contribution in [0.5, 0.6) is 0 Å². The fourth-order valence-corrected chi connectivity index (χ4v) is 3.38. The SMILES string of the molecule is O=C(O)C(CCC1CCCN1)C(C(=O)O)P(=O)(O)O. The van der Waals surface area contributed by atoms with Crippen molar-refractivity contribution in [3.05, 3.63) is 0 Å². The molecule has 1 rings (SSSR count). The first-order valence-electron chi connectivity index (χ1n) is 5.97. The van der Waals surface area contributed by atoms with Gasteiger partial charge in [0.2, 0.25) is 0 Å². The maximum atomic E-state index is 11.1. The molecule has 1 aliphatic rings. The van der Waals surface area contributed by atoms with Crippen molar-refractivity contribution in [3.63, 3.8) is 0 Å². The molecule has 0 aliphatic carbocycles. The summed E-state index contributed by atoms with van der Waals surface area (Å²) < 4.78 is 11.1. The van der Waals surface area contributed by atoms with E-state index in [1.54, 1.807) is 0 Å². The number of carbonyl (C=O) groups is 2. The summed E-state index contributed by atoms with van der Waals surface area (Å²) in [6.07, 6.45) is 2.14. The maximum absolute atomic E-state index is 11.1. The van der Waals surface area contributed by atoms with Crippen molar-refractivity contribution in [2.24, 2.45) is 5.92 Å². The molecule has 1 aliphatic heterocycles. The zero-order chi connectivity index (χ0) is 14.6. The van der Waals surface area contributed by atoms with E-state index in [-0.39, 0.29) is 12.5 Å². The minimum absolute atomic E-state index is 0.0743. The van der Waals surface area contributed by atoms with Crippen LogP contribution >= 0.6 is 7.60 Å². The van der Waals surface area contributed by atoms with Gasteiger partial charge in [0.05, 0.1) is 5.92 Å². The zero-order valence-electron chi connectivity index (χ0n) is 10.2. The van der Waals surface area contributed by atoms with Gasteiger partial charge in [-0.2, -0.15) is 0 Å². The summed E-state index contributed by atoms with van der Waals surface area (Å²) in [6, 6.07) is 0.0908. The van der Waals surface area contributed by atoms with E-state index in [0.29, 0.717) is 6.42 Å². The van der Waals surface area contributed by atoms with E-state index in [1.165, 1.54) is 0 Å². The highest BCUT2D eigenvalue weighted by Gasteiger charge is 2.45. The van der Waals surface area contributed by atoms with Crippen molar-refractivity contribution in [3.8, 4) is 0 Å². The van der Waals surface area contributed by atoms with Crippen LogP contribution in [0.25, 0.3) is 0 Å². The van der Waals surface area contributed by atoms with Crippen molar-refractivity contribution in [2.75, 3.05) is 6.54 Å². The molecule has 0 spiro atoms. The molecule has 3 atom stereocenters. The van der Waals surface area contributed by atoms with E-state index < -0.39 is 31.1 Å². The fourth-order valence-electron chi connectivity index (χ4n) is 2.35. The number of carboxylic acids is 2. The van der Waals surface area contributed by atoms with Crippen molar-refractivity contribution in [1.29, 1.82) is 0 Å². The number of carboxylic acid groups (broad SMARTS) is 2. The molecule has 110 valence electrons. The van der Waals surface area contributed by atoms with Crippen molar-refractivity contribution in [2.45, 2.75) is 37.4 Å². The van der Waals surface area contributed by atoms with Crippen LogP contribution in [0.4, 0.5) is 0 Å². The van der Waals surface area contributed by atoms with Crippen molar-refractivity contribution in [1.82, 2.24) is 5.32 Å². The van der Waals surface area contributed by atoms with Gasteiger partial charge in [0.25, 0.3) is 0 Å². The summed E-state index contributed by atoms with van der Waals surface area (Å²) in [7, 11) is -5.00. The Bertz CT molecular complexity index is 387. The molecule has 1 saturated heterocycles. The zero-order valence-corrected chi connectivity index (χ0v) is 11.1. The van der Waals surface area contributed by atoms with Crippen LogP contribution in [-0.4, -0.2) is 50.2 Å². The molecule has 0 bridgehead atoms. The highest BCUT2D eigenvalue weighted by Crippen LogP contribution is 2.46. The molecule has 0 amide bonds. The Kier molecular flexibility index (Phi) is 5.49. The van der Waals surface area contributed by atoms with Gasteiger partial charge in [-0.1, -0.05) is 0 Å². The molecule has 1 heterocycles. The summed E-state index contributed by atoms with van der Waals surface area (Å²) in [5, 5.41) is 21.0. The normalized spacial score (nSPS) is 22.9. The van der Waals surface area contributed by atoms with Crippen LogP contribution in [0, 0.1) is 5.92 Å². The minimum atomic E-state index is -5.00. The third-order valence-electron chi connectivity index (χ3n) is 3.30. The lowest BCUT2D eigenvalue weighted by atomic mass is 9.96. The van der Waals surface area contributed by atoms with E-state index in [2.05, 4.69) is 5.32 Å². The number of nitrogens with one attached hydrogen (secondary N) is 1. The van der Waals surface area contributed by atoms with Crippen LogP contribution in [0.2, 0.25) is 0 Å². The van der Waals surface area contributed by atoms with Gasteiger partial charge >= 0.3 is 19.5 Å². The van der Waals surface area contributed by atoms with Crippen LogP contribution < -0.4 is 5.32 Å². The van der Waals surface area contributed by atoms with Crippen molar-refractivity contribution >= 4 is 19.5 Å². The quantitative estimate of drug-likeness (QED) is 0.408. The molecule has 0 aromatic rings. The summed E-state index contributed by atoms with van der Waals surface area (Å²) in [5.74, 6) is -4.85. The van der Waals surface area contributed by atoms with Gasteiger partial charge in [-0.25, -0.2) is 0 Å². The van der Waals surface area contributed by atoms with E-state index in [4.69, 9.17) is 20.0 Å². The first kappa shape index (κ1) is 16.1. The standard InChI is InChI=1S/C10H18NO7P/c12-9(13)7(4-3-6-2-1-5-11-6)8(10(14)15)19(16,17)18/h6-8,11H,1-5H2,(H,12,13)(H,14,15)(H2,16,17,18). The van der Waals surface area contributed by atoms with Crippen LogP contribution in [0.15, 0.2) is 0 Å². The van der Waals surface area contributed by atoms with Gasteiger partial charge in [-0.3, -0.25) is 14.2 Å². The lowest BCUT2D eigenvalue weighted by molar-refractivity contribution is -0.148. The predicted octanol–water partition coefficient (Wildman–Crippen LogP) is -0.150. The topological polar surface area (TPSA) is 144 Å². The molecule has 3 unspecified atom stereocenters. The largest absolute Gasteiger partial charge is 0.481 e. The first-order valence-corrected chi connectivity index (χ1v) is 7.66. The van der Waals surface area contributed by atoms with Crippen LogP contribution in [0.3, 0.4) is 0 Å². The molecule has 19 heavy (non-hydrogen) atoms. The Morgan fingerprint density at radius 3 is 2.26 bits per heavy atom. The minimum Gasteiger partial charge on any atom is -0.481 e. The van der Waals surface area contributed by atoms with E-state index in [0.717, 1.165) is 19.4 Å². The van der Waals surface area contributed by atoms with Gasteiger partial charge in [0.15, 0.2) is 5.66 Å². The van der Waals surface area contributed by atoms with Gasteiger partial charge < -0.3 is 25.3 Å². The van der Waals surface area contributed by atoms with Gasteiger partial charge in [0, 0.05) is 6.04 Å². The number of aliphatic carboxylic acids is 2. The molecule has 9 heteroatoms. The highest BCUT2D eigenvalue weighted by molar-refractivity contribution is 7.53. The molecule has 0 aromatic carbocycles. The van der Waals surface area contributed by atoms with E-state index in [9.17, 15) is 14.2 Å². The van der Waals surface area contributed by atoms with Crippen molar-refractivity contribution < 1.29 is 34.2 Å². The Morgan fingerprint density at radius 2 is 1.89 bits per heavy atom. The van der Waals surface area contributed by atoms with Gasteiger partial charge in [-0.15, -0.1) is 0 Å². The summed E-state index contributed by atoms with van der Waals surface area (Å²) >= 11 is 0. The lowest BCUT2D eigenvalue weighted by Gasteiger charge is -2.22. The predicted molar refractivity (Wildman–Crippen MR) is 64.9 cm³/mol. The molecule has 8 nitrogen and oxygen atoms in total. The van der Waals surface area contributed by atoms with Gasteiger partial charge in [-0.05, 0) is 32.2 Å². The third kappa shape index (κ3) is 4.58. The molecule has 0 aromatic heterocycles. The van der Waals surface area contributed by atoms with Crippen LogP contribution in [-0.2, 0) is 14.2 Å². The maximum Gasteiger partial charge on any atom is 0.340 e. The van der Waals surface area contributed by atoms with E-state index in [1.807, 2.05) is 0 Å². The second-order valence-electron chi connectivity index (χ2n) is 4.69. The molecule has 5 N–H and O–H groups in total. The second kappa shape index (κ2) is 6.47. The average molecular weight is 295 g/mol. The Labute approximate surface area is 110 Å². The third-order valence-corrected chi connectivity index (χ3v) is 4.61. The smallest absolute Gasteiger partial charge is 0.340 e. The molecule has 0 radical (unpaired) electrons. The number of hydrogen-bond acceptors (Lipinski definition) is 4. The Morgan fingerprint density at radius 1 is 1.26 bits per heavy atom. The molecular formula is C10H18NO7P. The summed E-state index contributed by atoms with van der Waals surface area (Å²) in [4.78, 5) is 40.0. The highest BCUT2D eigenvalue weighted by atomic mass is 31.2. The fraction of sp³-hybridized carbons (Fsp3) is 0.800. The Balaban J connectivity index is 2.76. The molecular weight excluding hydrogens is 277 g/mol. The molecule has 0 saturated carbocycles. The van der Waals surface area contributed by atoms with Crippen LogP contribution in [0.1, 0.15) is 25.7 Å².